The lowest BCUT2D eigenvalue weighted by Crippen LogP contribution is -1.92. The molecule has 15 heavy (non-hydrogen) atoms. The van der Waals surface area contributed by atoms with Crippen LogP contribution in [-0.2, 0) is 0 Å². The predicted molar refractivity (Wildman–Crippen MR) is 75.9 cm³/mol. The standard InChI is InChI=1S/C13H22Br2/c14-11-12-9-7-5-3-1-2-4-6-8-10-13(12)15/h1-11H2/b13-12-. The summed E-state index contributed by atoms with van der Waals surface area (Å²) in [6, 6.07) is 0. The van der Waals surface area contributed by atoms with Crippen LogP contribution in [0.1, 0.15) is 64.2 Å². The summed E-state index contributed by atoms with van der Waals surface area (Å²) in [5.74, 6) is 0. The van der Waals surface area contributed by atoms with E-state index in [4.69, 9.17) is 0 Å². The van der Waals surface area contributed by atoms with Crippen molar-refractivity contribution in [2.24, 2.45) is 0 Å². The number of hydrogen-bond donors (Lipinski definition) is 0. The molecular formula is C13H22Br2. The van der Waals surface area contributed by atoms with Crippen LogP contribution in [0.3, 0.4) is 0 Å². The van der Waals surface area contributed by atoms with Gasteiger partial charge in [0, 0.05) is 5.33 Å². The number of alkyl halides is 1. The van der Waals surface area contributed by atoms with Crippen LogP contribution in [0, 0.1) is 0 Å². The molecule has 0 fully saturated rings. The smallest absolute Gasteiger partial charge is 0.0252 e. The molecule has 2 heteroatoms. The van der Waals surface area contributed by atoms with Crippen molar-refractivity contribution in [3.63, 3.8) is 0 Å². The van der Waals surface area contributed by atoms with Gasteiger partial charge in [0.15, 0.2) is 0 Å². The summed E-state index contributed by atoms with van der Waals surface area (Å²) in [5.41, 5.74) is 1.59. The minimum absolute atomic E-state index is 1.05. The summed E-state index contributed by atoms with van der Waals surface area (Å²) in [6.45, 7) is 0. The molecular weight excluding hydrogens is 316 g/mol. The van der Waals surface area contributed by atoms with Crippen LogP contribution in [0.5, 0.6) is 0 Å². The lowest BCUT2D eigenvalue weighted by molar-refractivity contribution is 0.562. The van der Waals surface area contributed by atoms with E-state index in [-0.39, 0.29) is 0 Å². The molecule has 0 aromatic heterocycles. The van der Waals surface area contributed by atoms with Crippen LogP contribution in [0.4, 0.5) is 0 Å². The molecule has 0 saturated carbocycles. The van der Waals surface area contributed by atoms with Gasteiger partial charge in [-0.1, -0.05) is 70.4 Å². The third kappa shape index (κ3) is 6.11. The molecule has 0 radical (unpaired) electrons. The molecule has 0 aromatic carbocycles. The summed E-state index contributed by atoms with van der Waals surface area (Å²) in [7, 11) is 0. The Kier molecular flexibility index (Phi) is 8.08. The van der Waals surface area contributed by atoms with E-state index in [0.717, 1.165) is 5.33 Å². The third-order valence-corrected chi connectivity index (χ3v) is 4.80. The van der Waals surface area contributed by atoms with E-state index in [2.05, 4.69) is 31.9 Å². The third-order valence-electron chi connectivity index (χ3n) is 3.17. The molecule has 0 atom stereocenters. The predicted octanol–water partition coefficient (Wildman–Crippen LogP) is 5.94. The Hall–Kier alpha value is 0.700. The van der Waals surface area contributed by atoms with Crippen molar-refractivity contribution in [1.82, 2.24) is 0 Å². The average molecular weight is 338 g/mol. The van der Waals surface area contributed by atoms with Crippen molar-refractivity contribution < 1.29 is 0 Å². The topological polar surface area (TPSA) is 0 Å². The molecule has 0 N–H and O–H groups in total. The maximum Gasteiger partial charge on any atom is 0.0252 e. The lowest BCUT2D eigenvalue weighted by Gasteiger charge is -2.10. The van der Waals surface area contributed by atoms with Crippen molar-refractivity contribution in [3.05, 3.63) is 10.1 Å². The highest BCUT2D eigenvalue weighted by Gasteiger charge is 2.04. The van der Waals surface area contributed by atoms with Gasteiger partial charge in [-0.25, -0.2) is 0 Å². The second-order valence-corrected chi connectivity index (χ2v) is 5.99. The molecule has 1 aliphatic carbocycles. The monoisotopic (exact) mass is 336 g/mol. The van der Waals surface area contributed by atoms with Crippen molar-refractivity contribution in [2.75, 3.05) is 5.33 Å². The van der Waals surface area contributed by atoms with Gasteiger partial charge >= 0.3 is 0 Å². The number of allylic oxidation sites excluding steroid dienone is 2. The van der Waals surface area contributed by atoms with E-state index in [9.17, 15) is 0 Å². The molecule has 1 aliphatic rings. The summed E-state index contributed by atoms with van der Waals surface area (Å²) >= 11 is 7.36. The van der Waals surface area contributed by atoms with Gasteiger partial charge < -0.3 is 0 Å². The van der Waals surface area contributed by atoms with Gasteiger partial charge in [0.05, 0.1) is 0 Å². The second-order valence-electron chi connectivity index (χ2n) is 4.47. The quantitative estimate of drug-likeness (QED) is 0.519. The minimum Gasteiger partial charge on any atom is -0.0880 e. The summed E-state index contributed by atoms with van der Waals surface area (Å²) in [5, 5.41) is 1.05. The number of halogens is 2. The van der Waals surface area contributed by atoms with E-state index >= 15 is 0 Å². The van der Waals surface area contributed by atoms with Gasteiger partial charge in [0.1, 0.15) is 0 Å². The van der Waals surface area contributed by atoms with E-state index in [1.165, 1.54) is 68.7 Å². The Balaban J connectivity index is 2.45. The van der Waals surface area contributed by atoms with Crippen LogP contribution in [-0.4, -0.2) is 5.33 Å². The molecule has 0 bridgehead atoms. The molecule has 0 unspecified atom stereocenters. The van der Waals surface area contributed by atoms with Gasteiger partial charge in [-0.15, -0.1) is 0 Å². The van der Waals surface area contributed by atoms with E-state index in [1.54, 1.807) is 5.57 Å². The maximum absolute atomic E-state index is 3.75. The molecule has 0 nitrogen and oxygen atoms in total. The zero-order valence-electron chi connectivity index (χ0n) is 9.53. The first-order valence-electron chi connectivity index (χ1n) is 6.27. The van der Waals surface area contributed by atoms with Crippen LogP contribution in [0.25, 0.3) is 0 Å². The lowest BCUT2D eigenvalue weighted by atomic mass is 10.0. The highest BCUT2D eigenvalue weighted by atomic mass is 79.9. The average Bonchev–Trinajstić information content (AvgIpc) is 2.23. The van der Waals surface area contributed by atoms with E-state index < -0.39 is 0 Å². The molecule has 1 rings (SSSR count). The van der Waals surface area contributed by atoms with Gasteiger partial charge in [-0.2, -0.15) is 0 Å². The highest BCUT2D eigenvalue weighted by molar-refractivity contribution is 9.12. The van der Waals surface area contributed by atoms with Crippen LogP contribution < -0.4 is 0 Å². The van der Waals surface area contributed by atoms with Gasteiger partial charge in [-0.3, -0.25) is 0 Å². The molecule has 88 valence electrons. The van der Waals surface area contributed by atoms with Crippen LogP contribution in [0.2, 0.25) is 0 Å². The zero-order valence-corrected chi connectivity index (χ0v) is 12.7. The maximum atomic E-state index is 3.75. The van der Waals surface area contributed by atoms with Crippen LogP contribution >= 0.6 is 31.9 Å². The first-order valence-corrected chi connectivity index (χ1v) is 8.18. The van der Waals surface area contributed by atoms with E-state index in [1.807, 2.05) is 0 Å². The number of hydrogen-bond acceptors (Lipinski definition) is 0. The first kappa shape index (κ1) is 13.8. The van der Waals surface area contributed by atoms with Gasteiger partial charge in [-0.05, 0) is 35.7 Å². The second kappa shape index (κ2) is 8.81. The highest BCUT2D eigenvalue weighted by Crippen LogP contribution is 2.26. The Morgan fingerprint density at radius 1 is 0.733 bits per heavy atom. The summed E-state index contributed by atoms with van der Waals surface area (Å²) in [4.78, 5) is 0. The zero-order chi connectivity index (χ0) is 10.9. The van der Waals surface area contributed by atoms with Crippen molar-refractivity contribution in [2.45, 2.75) is 64.2 Å². The Labute approximate surface area is 111 Å². The fourth-order valence-corrected chi connectivity index (χ4v) is 3.74. The van der Waals surface area contributed by atoms with Gasteiger partial charge in [0.25, 0.3) is 0 Å². The normalized spacial score (nSPS) is 26.8. The molecule has 0 aromatic rings. The largest absolute Gasteiger partial charge is 0.0880 e. The van der Waals surface area contributed by atoms with Crippen LogP contribution in [0.15, 0.2) is 10.1 Å². The van der Waals surface area contributed by atoms with E-state index in [0.29, 0.717) is 0 Å². The molecule has 0 aliphatic heterocycles. The Morgan fingerprint density at radius 3 is 1.73 bits per heavy atom. The van der Waals surface area contributed by atoms with Crippen molar-refractivity contribution in [3.8, 4) is 0 Å². The summed E-state index contributed by atoms with van der Waals surface area (Å²) in [6.07, 6.45) is 13.9. The fraction of sp³-hybridized carbons (Fsp3) is 0.846. The molecule has 0 spiro atoms. The Bertz CT molecular complexity index is 197. The fourth-order valence-electron chi connectivity index (χ4n) is 2.13. The summed E-state index contributed by atoms with van der Waals surface area (Å²) < 4.78 is 1.47. The van der Waals surface area contributed by atoms with Crippen molar-refractivity contribution >= 4 is 31.9 Å². The molecule has 0 amide bonds. The molecule has 0 heterocycles. The van der Waals surface area contributed by atoms with Crippen molar-refractivity contribution in [1.29, 1.82) is 0 Å². The Morgan fingerprint density at radius 2 is 1.20 bits per heavy atom. The minimum atomic E-state index is 1.05. The molecule has 0 saturated heterocycles. The van der Waals surface area contributed by atoms with Gasteiger partial charge in [0.2, 0.25) is 0 Å². The SMILES string of the molecule is BrC/C1=C(\Br)CCCCCCCCCC1. The first-order chi connectivity index (χ1) is 7.34. The number of rotatable bonds is 1.